The molecule has 0 aliphatic heterocycles. The first-order valence-electron chi connectivity index (χ1n) is 6.35. The first-order valence-corrected chi connectivity index (χ1v) is 7.96. The molecule has 102 valence electrons. The molecule has 0 atom stereocenters. The monoisotopic (exact) mass is 347 g/mol. The highest BCUT2D eigenvalue weighted by molar-refractivity contribution is 9.11. The minimum atomic E-state index is 0.822. The summed E-state index contributed by atoms with van der Waals surface area (Å²) in [4.78, 5) is 1.33. The van der Waals surface area contributed by atoms with E-state index in [9.17, 15) is 0 Å². The predicted molar refractivity (Wildman–Crippen MR) is 86.1 cm³/mol. The molecule has 1 N–H and O–H groups in total. The molecule has 0 saturated carbocycles. The van der Waals surface area contributed by atoms with Crippen molar-refractivity contribution in [3.8, 4) is 5.69 Å². The lowest BCUT2D eigenvalue weighted by atomic mass is 10.3. The largest absolute Gasteiger partial charge is 0.308 e. The van der Waals surface area contributed by atoms with E-state index in [0.717, 1.165) is 18.8 Å². The van der Waals surface area contributed by atoms with Gasteiger partial charge in [0, 0.05) is 29.7 Å². The molecule has 5 heteroatoms. The number of benzene rings is 1. The molecule has 0 aliphatic carbocycles. The first kappa shape index (κ1) is 13.5. The zero-order chi connectivity index (χ0) is 13.8. The van der Waals surface area contributed by atoms with E-state index < -0.39 is 0 Å². The minimum Gasteiger partial charge on any atom is -0.308 e. The zero-order valence-electron chi connectivity index (χ0n) is 10.8. The maximum atomic E-state index is 4.39. The van der Waals surface area contributed by atoms with Crippen molar-refractivity contribution in [3.05, 3.63) is 69.1 Å². The highest BCUT2D eigenvalue weighted by Crippen LogP contribution is 2.21. The van der Waals surface area contributed by atoms with Crippen LogP contribution in [0.4, 0.5) is 0 Å². The van der Waals surface area contributed by atoms with E-state index in [1.165, 1.54) is 14.2 Å². The van der Waals surface area contributed by atoms with Crippen LogP contribution in [0.25, 0.3) is 5.69 Å². The molecule has 1 aromatic carbocycles. The summed E-state index contributed by atoms with van der Waals surface area (Å²) in [5.41, 5.74) is 2.27. The maximum absolute atomic E-state index is 4.39. The average molecular weight is 348 g/mol. The Balaban J connectivity index is 1.58. The molecule has 0 bridgehead atoms. The Morgan fingerprint density at radius 2 is 1.95 bits per heavy atom. The Labute approximate surface area is 130 Å². The van der Waals surface area contributed by atoms with Crippen LogP contribution in [0, 0.1) is 0 Å². The van der Waals surface area contributed by atoms with Crippen LogP contribution in [0.15, 0.2) is 58.6 Å². The number of hydrogen-bond acceptors (Lipinski definition) is 3. The Bertz CT molecular complexity index is 675. The molecule has 20 heavy (non-hydrogen) atoms. The Morgan fingerprint density at radius 1 is 1.10 bits per heavy atom. The Kier molecular flexibility index (Phi) is 4.30. The number of nitrogens with one attached hydrogen (secondary N) is 1. The van der Waals surface area contributed by atoms with Crippen molar-refractivity contribution in [1.82, 2.24) is 15.1 Å². The van der Waals surface area contributed by atoms with Gasteiger partial charge in [-0.05, 0) is 40.2 Å². The summed E-state index contributed by atoms with van der Waals surface area (Å²) in [6.45, 7) is 1.70. The van der Waals surface area contributed by atoms with Crippen LogP contribution in [0.3, 0.4) is 0 Å². The van der Waals surface area contributed by atoms with Gasteiger partial charge in [0.2, 0.25) is 0 Å². The Hall–Kier alpha value is -1.43. The molecular weight excluding hydrogens is 334 g/mol. The molecule has 3 rings (SSSR count). The van der Waals surface area contributed by atoms with Crippen molar-refractivity contribution in [3.63, 3.8) is 0 Å². The molecule has 3 nitrogen and oxygen atoms in total. The van der Waals surface area contributed by atoms with E-state index in [4.69, 9.17) is 0 Å². The van der Waals surface area contributed by atoms with Gasteiger partial charge in [-0.15, -0.1) is 11.3 Å². The molecule has 2 heterocycles. The highest BCUT2D eigenvalue weighted by atomic mass is 79.9. The SMILES string of the molecule is Brc1ccc(CNCc2cnn(-c3ccccc3)c2)s1. The van der Waals surface area contributed by atoms with Crippen molar-refractivity contribution in [2.75, 3.05) is 0 Å². The first-order chi connectivity index (χ1) is 9.81. The van der Waals surface area contributed by atoms with E-state index >= 15 is 0 Å². The lowest BCUT2D eigenvalue weighted by Gasteiger charge is -2.01. The van der Waals surface area contributed by atoms with Gasteiger partial charge in [0.1, 0.15) is 0 Å². The summed E-state index contributed by atoms with van der Waals surface area (Å²) < 4.78 is 3.07. The van der Waals surface area contributed by atoms with E-state index in [2.05, 4.69) is 44.7 Å². The highest BCUT2D eigenvalue weighted by Gasteiger charge is 2.01. The number of halogens is 1. The molecule has 3 aromatic rings. The smallest absolute Gasteiger partial charge is 0.0701 e. The predicted octanol–water partition coefficient (Wildman–Crippen LogP) is 3.99. The maximum Gasteiger partial charge on any atom is 0.0701 e. The average Bonchev–Trinajstić information content (AvgIpc) is 3.09. The van der Waals surface area contributed by atoms with Crippen molar-refractivity contribution in [2.45, 2.75) is 13.1 Å². The zero-order valence-corrected chi connectivity index (χ0v) is 13.2. The van der Waals surface area contributed by atoms with Gasteiger partial charge in [-0.3, -0.25) is 0 Å². The van der Waals surface area contributed by atoms with Crippen LogP contribution < -0.4 is 5.32 Å². The third-order valence-electron chi connectivity index (χ3n) is 2.91. The van der Waals surface area contributed by atoms with Crippen molar-refractivity contribution < 1.29 is 0 Å². The van der Waals surface area contributed by atoms with E-state index in [1.807, 2.05) is 41.2 Å². The molecule has 0 radical (unpaired) electrons. The van der Waals surface area contributed by atoms with E-state index in [0.29, 0.717) is 0 Å². The second-order valence-corrected chi connectivity index (χ2v) is 6.99. The summed E-state index contributed by atoms with van der Waals surface area (Å²) in [7, 11) is 0. The molecule has 0 unspecified atom stereocenters. The van der Waals surface area contributed by atoms with Gasteiger partial charge in [0.15, 0.2) is 0 Å². The van der Waals surface area contributed by atoms with Gasteiger partial charge in [-0.2, -0.15) is 5.10 Å². The molecule has 0 fully saturated rings. The summed E-state index contributed by atoms with van der Waals surface area (Å²) in [6.07, 6.45) is 3.97. The summed E-state index contributed by atoms with van der Waals surface area (Å²) in [6, 6.07) is 14.4. The topological polar surface area (TPSA) is 29.9 Å². The van der Waals surface area contributed by atoms with E-state index in [-0.39, 0.29) is 0 Å². The van der Waals surface area contributed by atoms with Gasteiger partial charge in [-0.1, -0.05) is 18.2 Å². The van der Waals surface area contributed by atoms with Gasteiger partial charge in [0.25, 0.3) is 0 Å². The lowest BCUT2D eigenvalue weighted by Crippen LogP contribution is -2.11. The van der Waals surface area contributed by atoms with E-state index in [1.54, 1.807) is 11.3 Å². The summed E-state index contributed by atoms with van der Waals surface area (Å²) >= 11 is 5.23. The van der Waals surface area contributed by atoms with Crippen molar-refractivity contribution >= 4 is 27.3 Å². The second kappa shape index (κ2) is 6.35. The number of nitrogens with zero attached hydrogens (tertiary/aromatic N) is 2. The molecular formula is C15H14BrN3S. The quantitative estimate of drug-likeness (QED) is 0.756. The number of thiophene rings is 1. The number of para-hydroxylation sites is 1. The minimum absolute atomic E-state index is 0.822. The third kappa shape index (κ3) is 3.36. The van der Waals surface area contributed by atoms with Gasteiger partial charge in [0.05, 0.1) is 15.7 Å². The molecule has 0 spiro atoms. The fourth-order valence-corrected chi connectivity index (χ4v) is 3.40. The number of aromatic nitrogens is 2. The van der Waals surface area contributed by atoms with Crippen LogP contribution in [0.2, 0.25) is 0 Å². The van der Waals surface area contributed by atoms with Gasteiger partial charge in [-0.25, -0.2) is 4.68 Å². The van der Waals surface area contributed by atoms with Crippen LogP contribution >= 0.6 is 27.3 Å². The molecule has 0 amide bonds. The van der Waals surface area contributed by atoms with Crippen molar-refractivity contribution in [1.29, 1.82) is 0 Å². The fourth-order valence-electron chi connectivity index (χ4n) is 1.95. The summed E-state index contributed by atoms with van der Waals surface area (Å²) in [5.74, 6) is 0. The van der Waals surface area contributed by atoms with Crippen LogP contribution in [0.1, 0.15) is 10.4 Å². The van der Waals surface area contributed by atoms with Crippen LogP contribution in [0.5, 0.6) is 0 Å². The standard InChI is InChI=1S/C15H14BrN3S/c16-15-7-6-14(20-15)10-17-8-12-9-18-19(11-12)13-4-2-1-3-5-13/h1-7,9,11,17H,8,10H2. The van der Waals surface area contributed by atoms with Gasteiger partial charge >= 0.3 is 0 Å². The third-order valence-corrected chi connectivity index (χ3v) is 4.54. The Morgan fingerprint density at radius 3 is 2.70 bits per heavy atom. The molecule has 0 aliphatic rings. The fraction of sp³-hybridized carbons (Fsp3) is 0.133. The van der Waals surface area contributed by atoms with Gasteiger partial charge < -0.3 is 5.32 Å². The molecule has 2 aromatic heterocycles. The number of hydrogen-bond donors (Lipinski definition) is 1. The number of rotatable bonds is 5. The van der Waals surface area contributed by atoms with Crippen LogP contribution in [-0.4, -0.2) is 9.78 Å². The molecule has 0 saturated heterocycles. The van der Waals surface area contributed by atoms with Crippen molar-refractivity contribution in [2.24, 2.45) is 0 Å². The normalized spacial score (nSPS) is 10.8. The van der Waals surface area contributed by atoms with Crippen LogP contribution in [-0.2, 0) is 13.1 Å². The second-order valence-electron chi connectivity index (χ2n) is 4.44. The lowest BCUT2D eigenvalue weighted by molar-refractivity contribution is 0.701. The summed E-state index contributed by atoms with van der Waals surface area (Å²) in [5, 5.41) is 7.82.